The van der Waals surface area contributed by atoms with Crippen molar-refractivity contribution < 1.29 is 63.5 Å². The molecule has 0 aliphatic heterocycles. The molecule has 4 aromatic carbocycles. The molecule has 0 radical (unpaired) electrons. The van der Waals surface area contributed by atoms with Crippen molar-refractivity contribution in [3.8, 4) is 0 Å². The summed E-state index contributed by atoms with van der Waals surface area (Å²) in [6.07, 6.45) is 0. The largest absolute Gasteiger partial charge is 0.425 e. The summed E-state index contributed by atoms with van der Waals surface area (Å²) in [4.78, 5) is -0.800. The van der Waals surface area contributed by atoms with Gasteiger partial charge in [0.05, 0.1) is 37.7 Å². The Morgan fingerprint density at radius 2 is 0.886 bits per heavy atom. The molecule has 0 spiro atoms. The lowest BCUT2D eigenvalue weighted by Crippen LogP contribution is -2.18. The van der Waals surface area contributed by atoms with Gasteiger partial charge in [-0.05, 0) is 12.1 Å². The smallest absolute Gasteiger partial charge is 0.398 e. The van der Waals surface area contributed by atoms with Gasteiger partial charge >= 0.3 is 21.2 Å². The summed E-state index contributed by atoms with van der Waals surface area (Å²) in [5, 5.41) is 1.40. The number of benzene rings is 4. The molecule has 44 heavy (non-hydrogen) atoms. The predicted octanol–water partition coefficient (Wildman–Crippen LogP) is 0.407. The molecule has 0 aromatic heterocycles. The lowest BCUT2D eigenvalue weighted by Gasteiger charge is -2.19. The molecule has 0 heterocycles. The van der Waals surface area contributed by atoms with Crippen LogP contribution in [0.4, 0.5) is 5.69 Å². The number of hydrogen-bond acceptors (Lipinski definition) is 15. The normalized spacial score (nSPS) is 12.3. The molecule has 0 amide bonds. The fourth-order valence-electron chi connectivity index (χ4n) is 4.33. The van der Waals surface area contributed by atoms with Crippen LogP contribution in [0.3, 0.4) is 0 Å². The highest BCUT2D eigenvalue weighted by molar-refractivity contribution is 7.94. The minimum Gasteiger partial charge on any atom is -0.398 e. The molecular weight excluding hydrogens is 711 g/mol. The van der Waals surface area contributed by atoms with E-state index >= 15 is 0 Å². The van der Waals surface area contributed by atoms with Crippen LogP contribution in [0.15, 0.2) is 51.1 Å². The van der Waals surface area contributed by atoms with Gasteiger partial charge in [-0.15, -0.1) is 25.3 Å². The monoisotopic (exact) mass is 733 g/mol. The van der Waals surface area contributed by atoms with Gasteiger partial charge in [-0.3, -0.25) is 4.55 Å². The first kappa shape index (κ1) is 36.9. The van der Waals surface area contributed by atoms with Gasteiger partial charge in [-0.25, -0.2) is 25.3 Å². The summed E-state index contributed by atoms with van der Waals surface area (Å²) < 4.78 is 160. The summed E-state index contributed by atoms with van der Waals surface area (Å²) in [5.74, 6) is -2.64. The molecule has 4 rings (SSSR count). The number of anilines is 1. The molecule has 0 aliphatic carbocycles. The molecule has 4 aromatic rings. The maximum atomic E-state index is 13.2. The first-order valence-electron chi connectivity index (χ1n) is 11.7. The van der Waals surface area contributed by atoms with E-state index in [1.165, 1.54) is 44.2 Å². The number of sulfone groups is 3. The average Bonchev–Trinajstić information content (AvgIpc) is 2.89. The molecule has 0 unspecified atom stereocenters. The third-order valence-electron chi connectivity index (χ3n) is 6.19. The van der Waals surface area contributed by atoms with Crippen LogP contribution in [0.1, 0.15) is 13.8 Å². The molecule has 3 N–H and O–H groups in total. The third-order valence-corrected chi connectivity index (χ3v) is 12.5. The standard InChI is InChI=1S/C22H23NO9S4.2O3S/c1-3-33(24,25)18-11-17(23)13-5-6-16-20(35(28,29)9-10-36(30,31)32)12-19(34(26,27)4-2)15-8-7-14(18)21(13)22(15)16;2*1-4(2)3/h5-8,11-12H,3-4,9-10,23H2,1-2H3,(H,30,31,32);;. The number of rotatable bonds is 8. The SMILES string of the molecule is CCS(=O)(=O)c1cc(N)c2ccc3c(S(=O)(=O)CCS(=O)(=O)O)cc(S(=O)(=O)CC)c4ccc1c2c43.O=S(=O)=O.O=S(=O)=O. The average molecular weight is 734 g/mol. The first-order chi connectivity index (χ1) is 20.0. The predicted molar refractivity (Wildman–Crippen MR) is 158 cm³/mol. The molecule has 0 atom stereocenters. The Bertz CT molecular complexity index is 2400. The van der Waals surface area contributed by atoms with E-state index < -0.39 is 77.2 Å². The topological polar surface area (TPSA) is 285 Å². The van der Waals surface area contributed by atoms with Crippen LogP contribution in [-0.2, 0) is 60.8 Å². The van der Waals surface area contributed by atoms with Gasteiger partial charge in [0.1, 0.15) is 0 Å². The second-order valence-electron chi connectivity index (χ2n) is 8.73. The maximum absolute atomic E-state index is 13.2. The molecule has 16 nitrogen and oxygen atoms in total. The Balaban J connectivity index is 0.000000754. The van der Waals surface area contributed by atoms with Crippen molar-refractivity contribution in [3.63, 3.8) is 0 Å². The van der Waals surface area contributed by atoms with E-state index in [0.29, 0.717) is 5.39 Å². The van der Waals surface area contributed by atoms with Gasteiger partial charge in [0.15, 0.2) is 29.5 Å². The van der Waals surface area contributed by atoms with Crippen molar-refractivity contribution in [2.45, 2.75) is 28.5 Å². The van der Waals surface area contributed by atoms with E-state index in [-0.39, 0.29) is 53.9 Å². The van der Waals surface area contributed by atoms with E-state index in [0.717, 1.165) is 6.07 Å². The minimum atomic E-state index is -4.62. The van der Waals surface area contributed by atoms with Gasteiger partial charge < -0.3 is 5.73 Å². The zero-order chi connectivity index (χ0) is 34.0. The van der Waals surface area contributed by atoms with Crippen LogP contribution in [-0.4, -0.2) is 86.5 Å². The minimum absolute atomic E-state index is 0.0658. The van der Waals surface area contributed by atoms with Crippen molar-refractivity contribution in [1.29, 1.82) is 0 Å². The fraction of sp³-hybridized carbons (Fsp3) is 0.273. The van der Waals surface area contributed by atoms with E-state index in [1.54, 1.807) is 0 Å². The third kappa shape index (κ3) is 8.25. The summed E-state index contributed by atoms with van der Waals surface area (Å²) in [6, 6.07) is 8.18. The van der Waals surface area contributed by atoms with E-state index in [2.05, 4.69) is 0 Å². The Kier molecular flexibility index (Phi) is 11.2. The van der Waals surface area contributed by atoms with Crippen LogP contribution in [0.25, 0.3) is 32.3 Å². The van der Waals surface area contributed by atoms with E-state index in [4.69, 9.17) is 35.5 Å². The van der Waals surface area contributed by atoms with Gasteiger partial charge in [0, 0.05) is 38.0 Å². The molecule has 0 aliphatic rings. The Morgan fingerprint density at radius 3 is 1.25 bits per heavy atom. The summed E-state index contributed by atoms with van der Waals surface area (Å²) in [6.45, 7) is 2.86. The maximum Gasteiger partial charge on any atom is 0.425 e. The van der Waals surface area contributed by atoms with Crippen LogP contribution < -0.4 is 5.73 Å². The molecule has 22 heteroatoms. The van der Waals surface area contributed by atoms with Crippen LogP contribution in [0.5, 0.6) is 0 Å². The number of hydrogen-bond donors (Lipinski definition) is 2. The lowest BCUT2D eigenvalue weighted by atomic mass is 9.93. The number of nitrogen functional groups attached to an aromatic ring is 1. The second kappa shape index (κ2) is 13.4. The van der Waals surface area contributed by atoms with Crippen LogP contribution >= 0.6 is 0 Å². The van der Waals surface area contributed by atoms with E-state index in [9.17, 15) is 33.7 Å². The second-order valence-corrected chi connectivity index (χ2v) is 17.7. The van der Waals surface area contributed by atoms with Gasteiger partial charge in [0.2, 0.25) is 0 Å². The lowest BCUT2D eigenvalue weighted by molar-refractivity contribution is 0.484. The number of nitrogens with two attached hydrogens (primary N) is 1. The van der Waals surface area contributed by atoms with Crippen molar-refractivity contribution in [1.82, 2.24) is 0 Å². The molecular formula is C22H23NO15S6. The van der Waals surface area contributed by atoms with Gasteiger partial charge in [-0.1, -0.05) is 38.1 Å². The van der Waals surface area contributed by atoms with Crippen molar-refractivity contribution >= 4 is 98.9 Å². The van der Waals surface area contributed by atoms with Crippen molar-refractivity contribution in [3.05, 3.63) is 36.4 Å². The molecule has 0 saturated heterocycles. The zero-order valence-corrected chi connectivity index (χ0v) is 27.4. The summed E-state index contributed by atoms with van der Waals surface area (Å²) >= 11 is 0. The Hall–Kier alpha value is -3.28. The summed E-state index contributed by atoms with van der Waals surface area (Å²) in [5.41, 5.74) is 6.31. The first-order valence-corrected chi connectivity index (χ1v) is 20.3. The van der Waals surface area contributed by atoms with Crippen LogP contribution in [0, 0.1) is 0 Å². The fourth-order valence-corrected chi connectivity index (χ4v) is 9.38. The highest BCUT2D eigenvalue weighted by Crippen LogP contribution is 2.44. The van der Waals surface area contributed by atoms with E-state index in [1.807, 2.05) is 0 Å². The molecule has 242 valence electrons. The molecule has 0 bridgehead atoms. The van der Waals surface area contributed by atoms with Crippen LogP contribution in [0.2, 0.25) is 0 Å². The molecule has 0 fully saturated rings. The summed E-state index contributed by atoms with van der Waals surface area (Å²) in [7, 11) is -23.0. The highest BCUT2D eigenvalue weighted by Gasteiger charge is 2.29. The highest BCUT2D eigenvalue weighted by atomic mass is 32.2. The van der Waals surface area contributed by atoms with Crippen molar-refractivity contribution in [2.24, 2.45) is 0 Å². The zero-order valence-electron chi connectivity index (χ0n) is 22.5. The van der Waals surface area contributed by atoms with Gasteiger partial charge in [-0.2, -0.15) is 8.42 Å². The Morgan fingerprint density at radius 1 is 0.568 bits per heavy atom. The van der Waals surface area contributed by atoms with Gasteiger partial charge in [0.25, 0.3) is 10.1 Å². The quantitative estimate of drug-likeness (QED) is 0.141. The molecule has 0 saturated carbocycles. The Labute approximate surface area is 254 Å². The van der Waals surface area contributed by atoms with Crippen molar-refractivity contribution in [2.75, 3.05) is 28.7 Å².